The molecule has 0 bridgehead atoms. The summed E-state index contributed by atoms with van der Waals surface area (Å²) >= 11 is 0. The van der Waals surface area contributed by atoms with Crippen molar-refractivity contribution < 1.29 is 9.59 Å². The zero-order chi connectivity index (χ0) is 18.1. The fourth-order valence-corrected chi connectivity index (χ4v) is 3.48. The third kappa shape index (κ3) is 3.23. The number of hydrogen-bond acceptors (Lipinski definition) is 4. The summed E-state index contributed by atoms with van der Waals surface area (Å²) in [6, 6.07) is 3.78. The number of aromatic nitrogens is 3. The second kappa shape index (κ2) is 6.82. The minimum atomic E-state index is 0.0100. The summed E-state index contributed by atoms with van der Waals surface area (Å²) in [5.74, 6) is 1.07. The Labute approximate surface area is 147 Å². The van der Waals surface area contributed by atoms with E-state index in [-0.39, 0.29) is 23.8 Å². The van der Waals surface area contributed by atoms with E-state index in [0.29, 0.717) is 18.7 Å². The molecule has 0 spiro atoms. The Bertz CT molecular complexity index is 798. The van der Waals surface area contributed by atoms with E-state index in [1.807, 2.05) is 47.2 Å². The Morgan fingerprint density at radius 1 is 1.32 bits per heavy atom. The van der Waals surface area contributed by atoms with Gasteiger partial charge in [0.15, 0.2) is 5.65 Å². The van der Waals surface area contributed by atoms with Crippen LogP contribution in [0.3, 0.4) is 0 Å². The predicted octanol–water partition coefficient (Wildman–Crippen LogP) is 1.94. The normalized spacial score (nSPS) is 17.5. The molecule has 134 valence electrons. The number of carbonyl (C=O) groups excluding carboxylic acids is 2. The largest absolute Gasteiger partial charge is 0.342 e. The van der Waals surface area contributed by atoms with E-state index < -0.39 is 0 Å². The number of rotatable bonds is 4. The number of likely N-dealkylation sites (tertiary alicyclic amines) is 1. The van der Waals surface area contributed by atoms with Crippen molar-refractivity contribution in [3.8, 4) is 0 Å². The first kappa shape index (κ1) is 17.4. The van der Waals surface area contributed by atoms with Gasteiger partial charge in [-0.3, -0.25) is 14.0 Å². The van der Waals surface area contributed by atoms with Gasteiger partial charge in [-0.1, -0.05) is 0 Å². The van der Waals surface area contributed by atoms with E-state index in [4.69, 9.17) is 0 Å². The van der Waals surface area contributed by atoms with Gasteiger partial charge in [0.2, 0.25) is 5.91 Å². The van der Waals surface area contributed by atoms with Crippen LogP contribution in [0.2, 0.25) is 0 Å². The van der Waals surface area contributed by atoms with E-state index in [2.05, 4.69) is 10.2 Å². The summed E-state index contributed by atoms with van der Waals surface area (Å²) < 4.78 is 1.90. The maximum Gasteiger partial charge on any atom is 0.255 e. The minimum absolute atomic E-state index is 0.0100. The minimum Gasteiger partial charge on any atom is -0.342 e. The first-order valence-electron chi connectivity index (χ1n) is 8.83. The Morgan fingerprint density at radius 3 is 2.68 bits per heavy atom. The molecule has 0 radical (unpaired) electrons. The van der Waals surface area contributed by atoms with Gasteiger partial charge in [0.1, 0.15) is 5.82 Å². The zero-order valence-electron chi connectivity index (χ0n) is 15.3. The molecule has 25 heavy (non-hydrogen) atoms. The van der Waals surface area contributed by atoms with E-state index in [0.717, 1.165) is 24.4 Å². The highest BCUT2D eigenvalue weighted by atomic mass is 16.2. The first-order chi connectivity index (χ1) is 11.9. The average Bonchev–Trinajstić information content (AvgIpc) is 3.21. The summed E-state index contributed by atoms with van der Waals surface area (Å²) in [7, 11) is 0. The Morgan fingerprint density at radius 2 is 2.08 bits per heavy atom. The van der Waals surface area contributed by atoms with Crippen molar-refractivity contribution in [2.24, 2.45) is 0 Å². The van der Waals surface area contributed by atoms with Crippen LogP contribution < -0.4 is 0 Å². The Hall–Kier alpha value is -2.44. The third-order valence-electron chi connectivity index (χ3n) is 4.90. The van der Waals surface area contributed by atoms with Crippen LogP contribution in [-0.4, -0.2) is 61.9 Å². The number of amides is 2. The second-order valence-corrected chi connectivity index (χ2v) is 6.84. The van der Waals surface area contributed by atoms with Crippen LogP contribution in [0.4, 0.5) is 0 Å². The van der Waals surface area contributed by atoms with Gasteiger partial charge in [-0.15, -0.1) is 10.2 Å². The summed E-state index contributed by atoms with van der Waals surface area (Å²) in [4.78, 5) is 28.0. The molecule has 0 aromatic carbocycles. The first-order valence-corrected chi connectivity index (χ1v) is 8.83. The summed E-state index contributed by atoms with van der Waals surface area (Å²) in [5.41, 5.74) is 1.35. The monoisotopic (exact) mass is 343 g/mol. The van der Waals surface area contributed by atoms with Crippen molar-refractivity contribution in [1.29, 1.82) is 0 Å². The molecule has 1 aliphatic rings. The standard InChI is InChI=1S/C18H25N5O2/c1-5-22(12(2)3)18(25)15-6-7-16-19-20-17(23(16)11-15)14-8-9-21(10-14)13(4)24/h6-7,11-12,14H,5,8-10H2,1-4H3/t14-/m0/s1. The highest BCUT2D eigenvalue weighted by Gasteiger charge is 2.29. The molecule has 2 aromatic rings. The molecule has 1 saturated heterocycles. The molecule has 3 heterocycles. The van der Waals surface area contributed by atoms with Crippen LogP contribution in [0.5, 0.6) is 0 Å². The van der Waals surface area contributed by atoms with Crippen molar-refractivity contribution in [3.63, 3.8) is 0 Å². The molecule has 1 atom stereocenters. The molecular weight excluding hydrogens is 318 g/mol. The van der Waals surface area contributed by atoms with Crippen LogP contribution in [0.1, 0.15) is 56.2 Å². The topological polar surface area (TPSA) is 70.8 Å². The average molecular weight is 343 g/mol. The van der Waals surface area contributed by atoms with Gasteiger partial charge in [0, 0.05) is 44.7 Å². The molecule has 3 rings (SSSR count). The van der Waals surface area contributed by atoms with Crippen LogP contribution in [-0.2, 0) is 4.79 Å². The fraction of sp³-hybridized carbons (Fsp3) is 0.556. The van der Waals surface area contributed by atoms with Crippen molar-refractivity contribution >= 4 is 17.5 Å². The molecule has 7 nitrogen and oxygen atoms in total. The molecule has 7 heteroatoms. The number of fused-ring (bicyclic) bond motifs is 1. The van der Waals surface area contributed by atoms with Gasteiger partial charge in [0.25, 0.3) is 5.91 Å². The van der Waals surface area contributed by atoms with Crippen LogP contribution in [0.15, 0.2) is 18.3 Å². The van der Waals surface area contributed by atoms with Gasteiger partial charge in [-0.05, 0) is 39.3 Å². The van der Waals surface area contributed by atoms with Gasteiger partial charge in [-0.25, -0.2) is 0 Å². The summed E-state index contributed by atoms with van der Waals surface area (Å²) in [5, 5.41) is 8.54. The molecule has 2 aromatic heterocycles. The lowest BCUT2D eigenvalue weighted by Gasteiger charge is -2.25. The zero-order valence-corrected chi connectivity index (χ0v) is 15.3. The van der Waals surface area contributed by atoms with Gasteiger partial charge in [-0.2, -0.15) is 0 Å². The van der Waals surface area contributed by atoms with Crippen molar-refractivity contribution in [2.75, 3.05) is 19.6 Å². The number of hydrogen-bond donors (Lipinski definition) is 0. The van der Waals surface area contributed by atoms with E-state index >= 15 is 0 Å². The fourth-order valence-electron chi connectivity index (χ4n) is 3.48. The molecule has 0 N–H and O–H groups in total. The smallest absolute Gasteiger partial charge is 0.255 e. The van der Waals surface area contributed by atoms with Gasteiger partial charge in [0.05, 0.1) is 5.56 Å². The van der Waals surface area contributed by atoms with E-state index in [9.17, 15) is 9.59 Å². The van der Waals surface area contributed by atoms with E-state index in [1.54, 1.807) is 13.0 Å². The summed E-state index contributed by atoms with van der Waals surface area (Å²) in [6.07, 6.45) is 2.69. The van der Waals surface area contributed by atoms with Crippen LogP contribution in [0.25, 0.3) is 5.65 Å². The van der Waals surface area contributed by atoms with E-state index in [1.165, 1.54) is 0 Å². The predicted molar refractivity (Wildman–Crippen MR) is 94.4 cm³/mol. The molecule has 2 amide bonds. The number of carbonyl (C=O) groups is 2. The maximum atomic E-state index is 12.8. The molecule has 0 aliphatic carbocycles. The lowest BCUT2D eigenvalue weighted by atomic mass is 10.1. The van der Waals surface area contributed by atoms with Crippen LogP contribution in [0, 0.1) is 0 Å². The highest BCUT2D eigenvalue weighted by Crippen LogP contribution is 2.26. The lowest BCUT2D eigenvalue weighted by Crippen LogP contribution is -2.36. The quantitative estimate of drug-likeness (QED) is 0.850. The SMILES string of the molecule is CCN(C(=O)c1ccc2nnc([C@H]3CCN(C(C)=O)C3)n2c1)C(C)C. The third-order valence-corrected chi connectivity index (χ3v) is 4.90. The van der Waals surface area contributed by atoms with Crippen molar-refractivity contribution in [2.45, 2.75) is 46.1 Å². The van der Waals surface area contributed by atoms with Crippen molar-refractivity contribution in [3.05, 3.63) is 29.7 Å². The molecule has 0 unspecified atom stereocenters. The van der Waals surface area contributed by atoms with Crippen molar-refractivity contribution in [1.82, 2.24) is 24.4 Å². The molecule has 1 aliphatic heterocycles. The Balaban J connectivity index is 1.92. The summed E-state index contributed by atoms with van der Waals surface area (Å²) in [6.45, 7) is 9.66. The Kier molecular flexibility index (Phi) is 4.74. The highest BCUT2D eigenvalue weighted by molar-refractivity contribution is 5.94. The van der Waals surface area contributed by atoms with Crippen LogP contribution >= 0.6 is 0 Å². The van der Waals surface area contributed by atoms with Gasteiger partial charge >= 0.3 is 0 Å². The maximum absolute atomic E-state index is 12.8. The molecular formula is C18H25N5O2. The lowest BCUT2D eigenvalue weighted by molar-refractivity contribution is -0.127. The number of pyridine rings is 1. The molecule has 0 saturated carbocycles. The van der Waals surface area contributed by atoms with Gasteiger partial charge < -0.3 is 9.80 Å². The second-order valence-electron chi connectivity index (χ2n) is 6.84. The number of nitrogens with zero attached hydrogens (tertiary/aromatic N) is 5. The molecule has 1 fully saturated rings.